The number of nitrogens with zero attached hydrogens (tertiary/aromatic N) is 5. The van der Waals surface area contributed by atoms with Crippen molar-refractivity contribution in [1.82, 2.24) is 25.0 Å². The molecule has 0 saturated carbocycles. The van der Waals surface area contributed by atoms with E-state index in [1.807, 2.05) is 48.5 Å². The van der Waals surface area contributed by atoms with Crippen LogP contribution in [0.4, 0.5) is 5.69 Å². The fourth-order valence-corrected chi connectivity index (χ4v) is 3.62. The highest BCUT2D eigenvalue weighted by Gasteiger charge is 2.15. The Labute approximate surface area is 177 Å². The van der Waals surface area contributed by atoms with Gasteiger partial charge in [-0.15, -0.1) is 5.10 Å². The van der Waals surface area contributed by atoms with Crippen LogP contribution >= 0.6 is 11.8 Å². The summed E-state index contributed by atoms with van der Waals surface area (Å²) in [5.74, 6) is 0.847. The van der Waals surface area contributed by atoms with Crippen molar-refractivity contribution in [2.24, 2.45) is 0 Å². The number of hydrogen-bond donors (Lipinski definition) is 1. The number of hydrogen-bond acceptors (Lipinski definition) is 7. The molecule has 2 aromatic heterocycles. The Bertz CT molecular complexity index is 1160. The van der Waals surface area contributed by atoms with Crippen LogP contribution in [0.25, 0.3) is 16.9 Å². The zero-order valence-corrected chi connectivity index (χ0v) is 17.4. The molecule has 0 aliphatic heterocycles. The lowest BCUT2D eigenvalue weighted by Gasteiger charge is -2.06. The van der Waals surface area contributed by atoms with Crippen LogP contribution in [-0.2, 0) is 11.2 Å². The van der Waals surface area contributed by atoms with Crippen molar-refractivity contribution in [3.05, 3.63) is 60.4 Å². The quantitative estimate of drug-likeness (QED) is 0.361. The van der Waals surface area contributed by atoms with Crippen LogP contribution in [-0.4, -0.2) is 43.7 Å². The lowest BCUT2D eigenvalue weighted by molar-refractivity contribution is -0.113. The number of methoxy groups -OCH3 is 1. The molecule has 1 amide bonds. The largest absolute Gasteiger partial charge is 0.497 e. The van der Waals surface area contributed by atoms with Crippen molar-refractivity contribution in [3.63, 3.8) is 0 Å². The van der Waals surface area contributed by atoms with Crippen LogP contribution in [0.2, 0.25) is 0 Å². The van der Waals surface area contributed by atoms with E-state index in [2.05, 4.69) is 32.5 Å². The van der Waals surface area contributed by atoms with E-state index in [1.54, 1.807) is 11.8 Å². The third-order valence-corrected chi connectivity index (χ3v) is 5.49. The summed E-state index contributed by atoms with van der Waals surface area (Å²) in [6.07, 6.45) is 2.42. The summed E-state index contributed by atoms with van der Waals surface area (Å²) in [6, 6.07) is 15.3. The Hall–Kier alpha value is -3.46. The van der Waals surface area contributed by atoms with Crippen molar-refractivity contribution in [2.75, 3.05) is 18.2 Å². The zero-order valence-electron chi connectivity index (χ0n) is 16.6. The highest BCUT2D eigenvalue weighted by Crippen LogP contribution is 2.25. The summed E-state index contributed by atoms with van der Waals surface area (Å²) in [6.45, 7) is 2.09. The summed E-state index contributed by atoms with van der Waals surface area (Å²) in [5.41, 5.74) is 3.94. The lowest BCUT2D eigenvalue weighted by Crippen LogP contribution is -2.14. The molecule has 1 N–H and O–H groups in total. The maximum absolute atomic E-state index is 12.3. The Balaban J connectivity index is 1.47. The number of amides is 1. The number of thioether (sulfide) groups is 1. The predicted octanol–water partition coefficient (Wildman–Crippen LogP) is 3.51. The first-order chi connectivity index (χ1) is 14.7. The second-order valence-corrected chi connectivity index (χ2v) is 7.40. The van der Waals surface area contributed by atoms with Gasteiger partial charge < -0.3 is 10.1 Å². The SMILES string of the molecule is CCc1ccc(NC(=O)CSc2ncnc3c2nnn3-c2ccc(OC)cc2)cc1. The number of nitrogens with one attached hydrogen (secondary N) is 1. The Kier molecular flexibility index (Phi) is 5.89. The topological polar surface area (TPSA) is 94.8 Å². The molecule has 0 saturated heterocycles. The van der Waals surface area contributed by atoms with Gasteiger partial charge in [0.15, 0.2) is 11.2 Å². The number of carbonyl (C=O) groups excluding carboxylic acids is 1. The molecular weight excluding hydrogens is 400 g/mol. The van der Waals surface area contributed by atoms with E-state index in [1.165, 1.54) is 23.7 Å². The second-order valence-electron chi connectivity index (χ2n) is 6.44. The zero-order chi connectivity index (χ0) is 20.9. The smallest absolute Gasteiger partial charge is 0.234 e. The van der Waals surface area contributed by atoms with Gasteiger partial charge in [-0.05, 0) is 48.4 Å². The maximum atomic E-state index is 12.3. The predicted molar refractivity (Wildman–Crippen MR) is 116 cm³/mol. The van der Waals surface area contributed by atoms with Crippen LogP contribution in [0.5, 0.6) is 5.75 Å². The number of rotatable bonds is 7. The molecule has 0 atom stereocenters. The van der Waals surface area contributed by atoms with Crippen molar-refractivity contribution in [1.29, 1.82) is 0 Å². The van der Waals surface area contributed by atoms with Gasteiger partial charge in [0.1, 0.15) is 17.1 Å². The molecule has 8 nitrogen and oxygen atoms in total. The Morgan fingerprint density at radius 2 is 1.87 bits per heavy atom. The van der Waals surface area contributed by atoms with Crippen molar-refractivity contribution in [3.8, 4) is 11.4 Å². The number of anilines is 1. The minimum absolute atomic E-state index is 0.112. The molecule has 30 heavy (non-hydrogen) atoms. The van der Waals surface area contributed by atoms with Crippen LogP contribution in [0.3, 0.4) is 0 Å². The fourth-order valence-electron chi connectivity index (χ4n) is 2.89. The molecule has 0 aliphatic rings. The molecule has 0 spiro atoms. The number of benzene rings is 2. The number of fused-ring (bicyclic) bond motifs is 1. The molecule has 0 aliphatic carbocycles. The van der Waals surface area contributed by atoms with Gasteiger partial charge in [-0.3, -0.25) is 4.79 Å². The van der Waals surface area contributed by atoms with E-state index in [4.69, 9.17) is 4.74 Å². The third-order valence-electron chi connectivity index (χ3n) is 4.51. The summed E-state index contributed by atoms with van der Waals surface area (Å²) in [7, 11) is 1.62. The number of ether oxygens (including phenoxy) is 1. The van der Waals surface area contributed by atoms with Crippen molar-refractivity contribution in [2.45, 2.75) is 18.4 Å². The van der Waals surface area contributed by atoms with E-state index in [0.717, 1.165) is 23.5 Å². The first-order valence-corrected chi connectivity index (χ1v) is 10.4. The molecule has 152 valence electrons. The summed E-state index contributed by atoms with van der Waals surface area (Å²) < 4.78 is 6.82. The van der Waals surface area contributed by atoms with Crippen LogP contribution < -0.4 is 10.1 Å². The third kappa shape index (κ3) is 4.25. The average Bonchev–Trinajstić information content (AvgIpc) is 3.23. The first kappa shape index (κ1) is 19.8. The molecule has 2 heterocycles. The van der Waals surface area contributed by atoms with Gasteiger partial charge in [0.25, 0.3) is 0 Å². The monoisotopic (exact) mass is 420 g/mol. The van der Waals surface area contributed by atoms with E-state index in [9.17, 15) is 4.79 Å². The minimum atomic E-state index is -0.112. The lowest BCUT2D eigenvalue weighted by atomic mass is 10.1. The fraction of sp³-hybridized carbons (Fsp3) is 0.190. The summed E-state index contributed by atoms with van der Waals surface area (Å²) in [5, 5.41) is 11.9. The summed E-state index contributed by atoms with van der Waals surface area (Å²) >= 11 is 1.30. The number of carbonyl (C=O) groups is 1. The molecule has 4 rings (SSSR count). The molecule has 4 aromatic rings. The Morgan fingerprint density at radius 3 is 2.57 bits per heavy atom. The van der Waals surface area contributed by atoms with E-state index < -0.39 is 0 Å². The normalized spacial score (nSPS) is 10.9. The van der Waals surface area contributed by atoms with Crippen LogP contribution in [0, 0.1) is 0 Å². The van der Waals surface area contributed by atoms with Gasteiger partial charge in [0.05, 0.1) is 18.6 Å². The molecule has 9 heteroatoms. The molecular formula is C21H20N6O2S. The molecule has 0 fully saturated rings. The number of aryl methyl sites for hydroxylation is 1. The van der Waals surface area contributed by atoms with Gasteiger partial charge in [0, 0.05) is 5.69 Å². The molecule has 0 unspecified atom stereocenters. The second kappa shape index (κ2) is 8.91. The molecule has 0 bridgehead atoms. The van der Waals surface area contributed by atoms with Gasteiger partial charge in [-0.1, -0.05) is 36.0 Å². The van der Waals surface area contributed by atoms with E-state index in [0.29, 0.717) is 16.2 Å². The molecule has 2 aromatic carbocycles. The van der Waals surface area contributed by atoms with E-state index in [-0.39, 0.29) is 11.7 Å². The van der Waals surface area contributed by atoms with Gasteiger partial charge in [-0.25, -0.2) is 9.97 Å². The van der Waals surface area contributed by atoms with Crippen LogP contribution in [0.1, 0.15) is 12.5 Å². The minimum Gasteiger partial charge on any atom is -0.497 e. The summed E-state index contributed by atoms with van der Waals surface area (Å²) in [4.78, 5) is 20.9. The van der Waals surface area contributed by atoms with Gasteiger partial charge >= 0.3 is 0 Å². The van der Waals surface area contributed by atoms with E-state index >= 15 is 0 Å². The average molecular weight is 420 g/mol. The van der Waals surface area contributed by atoms with Gasteiger partial charge in [0.2, 0.25) is 5.91 Å². The number of aromatic nitrogens is 5. The Morgan fingerprint density at radius 1 is 1.10 bits per heavy atom. The first-order valence-electron chi connectivity index (χ1n) is 9.40. The van der Waals surface area contributed by atoms with Gasteiger partial charge in [-0.2, -0.15) is 4.68 Å². The van der Waals surface area contributed by atoms with Crippen LogP contribution in [0.15, 0.2) is 59.9 Å². The maximum Gasteiger partial charge on any atom is 0.234 e. The standard InChI is InChI=1S/C21H20N6O2S/c1-3-14-4-6-15(7-5-14)24-18(28)12-30-21-19-20(22-13-23-21)27(26-25-19)16-8-10-17(29-2)11-9-16/h4-11,13H,3,12H2,1-2H3,(H,24,28). The highest BCUT2D eigenvalue weighted by molar-refractivity contribution is 8.00. The highest BCUT2D eigenvalue weighted by atomic mass is 32.2. The van der Waals surface area contributed by atoms with Crippen molar-refractivity contribution < 1.29 is 9.53 Å². The molecule has 0 radical (unpaired) electrons. The van der Waals surface area contributed by atoms with Crippen molar-refractivity contribution >= 4 is 34.5 Å².